The largest absolute Gasteiger partial charge is 0.396 e. The van der Waals surface area contributed by atoms with Crippen LogP contribution in [-0.2, 0) is 4.79 Å². The molecule has 4 heteroatoms. The van der Waals surface area contributed by atoms with Gasteiger partial charge in [0.15, 0.2) is 0 Å². The highest BCUT2D eigenvalue weighted by atomic mass is 16.3. The molecule has 0 bridgehead atoms. The molecular formula is C30H46O4. The highest BCUT2D eigenvalue weighted by Crippen LogP contribution is 2.62. The molecule has 2 aliphatic rings. The molecule has 0 aromatic heterocycles. The first-order valence-corrected chi connectivity index (χ1v) is 12.8. The summed E-state index contributed by atoms with van der Waals surface area (Å²) in [5, 5.41) is 32.9. The van der Waals surface area contributed by atoms with Gasteiger partial charge in [-0.1, -0.05) is 47.6 Å². The Morgan fingerprint density at radius 1 is 1.21 bits per heavy atom. The Kier molecular flexibility index (Phi) is 10.3. The van der Waals surface area contributed by atoms with E-state index in [0.717, 1.165) is 36.7 Å². The van der Waals surface area contributed by atoms with E-state index in [4.69, 9.17) is 0 Å². The van der Waals surface area contributed by atoms with Gasteiger partial charge in [-0.25, -0.2) is 0 Å². The van der Waals surface area contributed by atoms with Gasteiger partial charge in [0.25, 0.3) is 0 Å². The van der Waals surface area contributed by atoms with Crippen LogP contribution in [0.25, 0.3) is 0 Å². The second-order valence-electron chi connectivity index (χ2n) is 10.9. The van der Waals surface area contributed by atoms with Crippen LogP contribution in [0.3, 0.4) is 0 Å². The van der Waals surface area contributed by atoms with E-state index in [-0.39, 0.29) is 18.4 Å². The van der Waals surface area contributed by atoms with Crippen molar-refractivity contribution in [2.24, 2.45) is 17.3 Å². The van der Waals surface area contributed by atoms with Crippen LogP contribution in [0.5, 0.6) is 0 Å². The third kappa shape index (κ3) is 6.08. The second-order valence-corrected chi connectivity index (χ2v) is 10.9. The van der Waals surface area contributed by atoms with Crippen LogP contribution in [0, 0.1) is 17.3 Å². The number of rotatable bonds is 10. The van der Waals surface area contributed by atoms with Gasteiger partial charge >= 0.3 is 0 Å². The minimum Gasteiger partial charge on any atom is -0.396 e. The van der Waals surface area contributed by atoms with Crippen LogP contribution >= 0.6 is 0 Å². The Balaban J connectivity index is 2.28. The van der Waals surface area contributed by atoms with Gasteiger partial charge in [-0.2, -0.15) is 0 Å². The Bertz CT molecular complexity index is 853. The molecule has 1 spiro atoms. The van der Waals surface area contributed by atoms with E-state index in [1.54, 1.807) is 0 Å². The molecule has 0 aromatic rings. The van der Waals surface area contributed by atoms with Crippen molar-refractivity contribution in [2.75, 3.05) is 6.61 Å². The molecule has 2 rings (SSSR count). The molecule has 0 unspecified atom stereocenters. The number of hydrogen-bond donors (Lipinski definition) is 3. The SMILES string of the molecule is C=C(/C=C/C=C(\C)CCC=C(C)C)[C@H]1CC[C@]2([C@H](CCCO)/C(=C(/C)C=O)CC[C@]2(C)O)[C@H]1O. The summed E-state index contributed by atoms with van der Waals surface area (Å²) in [5.41, 5.74) is 3.42. The van der Waals surface area contributed by atoms with Gasteiger partial charge in [-0.3, -0.25) is 4.79 Å². The second kappa shape index (κ2) is 12.3. The van der Waals surface area contributed by atoms with Crippen LogP contribution in [0.2, 0.25) is 0 Å². The van der Waals surface area contributed by atoms with Gasteiger partial charge in [-0.05, 0) is 103 Å². The zero-order valence-electron chi connectivity index (χ0n) is 21.9. The summed E-state index contributed by atoms with van der Waals surface area (Å²) in [6.07, 6.45) is 14.3. The molecule has 34 heavy (non-hydrogen) atoms. The Hall–Kier alpha value is -1.75. The Morgan fingerprint density at radius 3 is 2.53 bits per heavy atom. The molecule has 0 aromatic carbocycles. The van der Waals surface area contributed by atoms with Crippen molar-refractivity contribution in [2.45, 2.75) is 97.7 Å². The third-order valence-electron chi connectivity index (χ3n) is 8.30. The highest BCUT2D eigenvalue weighted by Gasteiger charge is 2.63. The zero-order chi connectivity index (χ0) is 25.5. The van der Waals surface area contributed by atoms with Crippen molar-refractivity contribution < 1.29 is 20.1 Å². The average Bonchev–Trinajstić information content (AvgIpc) is 3.12. The van der Waals surface area contributed by atoms with Gasteiger partial charge in [-0.15, -0.1) is 0 Å². The number of aldehydes is 1. The summed E-state index contributed by atoms with van der Waals surface area (Å²) in [7, 11) is 0. The molecule has 0 heterocycles. The molecular weight excluding hydrogens is 424 g/mol. The van der Waals surface area contributed by atoms with Gasteiger partial charge in [0.05, 0.1) is 11.7 Å². The van der Waals surface area contributed by atoms with E-state index in [9.17, 15) is 20.1 Å². The van der Waals surface area contributed by atoms with E-state index >= 15 is 0 Å². The van der Waals surface area contributed by atoms with Crippen LogP contribution < -0.4 is 0 Å². The van der Waals surface area contributed by atoms with E-state index < -0.39 is 17.1 Å². The number of hydrogen-bond acceptors (Lipinski definition) is 4. The average molecular weight is 471 g/mol. The smallest absolute Gasteiger partial charge is 0.145 e. The van der Waals surface area contributed by atoms with Crippen molar-refractivity contribution in [1.82, 2.24) is 0 Å². The molecule has 0 aliphatic heterocycles. The fourth-order valence-electron chi connectivity index (χ4n) is 6.29. The lowest BCUT2D eigenvalue weighted by Crippen LogP contribution is -2.59. The van der Waals surface area contributed by atoms with Crippen LogP contribution in [0.15, 0.2) is 58.7 Å². The van der Waals surface area contributed by atoms with Crippen LogP contribution in [-0.4, -0.2) is 39.9 Å². The quantitative estimate of drug-likeness (QED) is 0.158. The fraction of sp³-hybridized carbons (Fsp3) is 0.633. The lowest BCUT2D eigenvalue weighted by atomic mass is 9.52. The van der Waals surface area contributed by atoms with Gasteiger partial charge in [0, 0.05) is 17.9 Å². The highest BCUT2D eigenvalue weighted by molar-refractivity contribution is 5.74. The molecule has 0 radical (unpaired) electrons. The Morgan fingerprint density at radius 2 is 1.91 bits per heavy atom. The summed E-state index contributed by atoms with van der Waals surface area (Å²) in [5.74, 6) is -0.280. The maximum atomic E-state index is 11.7. The molecule has 0 amide bonds. The lowest BCUT2D eigenvalue weighted by molar-refractivity contribution is -0.167. The standard InChI is InChI=1S/C30H46O4/c1-21(2)10-7-11-22(3)12-8-13-23(4)26-16-18-30(28(26)33)27(14-9-19-31)25(24(5)20-32)15-17-29(30,6)34/h8,10,12-13,20,26-28,31,33-34H,4,7,9,11,14-19H2,1-3,5-6H3/b13-8+,22-12+,25-24-/t26-,27-,28+,29+,30+/m1/s1. The molecule has 2 aliphatic carbocycles. The zero-order valence-corrected chi connectivity index (χ0v) is 21.9. The minimum atomic E-state index is -1.06. The number of allylic oxidation sites excluding steroid dienone is 8. The Labute approximate surface area is 206 Å². The maximum Gasteiger partial charge on any atom is 0.145 e. The number of carbonyl (C=O) groups is 1. The van der Waals surface area contributed by atoms with Crippen molar-refractivity contribution >= 4 is 6.29 Å². The molecule has 5 atom stereocenters. The predicted octanol–water partition coefficient (Wildman–Crippen LogP) is 6.00. The first-order valence-electron chi connectivity index (χ1n) is 12.8. The number of carbonyl (C=O) groups excluding carboxylic acids is 1. The lowest BCUT2D eigenvalue weighted by Gasteiger charge is -2.55. The molecule has 0 saturated heterocycles. The first kappa shape index (κ1) is 28.5. The summed E-state index contributed by atoms with van der Waals surface area (Å²) in [4.78, 5) is 11.7. The molecule has 190 valence electrons. The molecule has 2 fully saturated rings. The van der Waals surface area contributed by atoms with Gasteiger partial charge in [0.1, 0.15) is 6.29 Å². The monoisotopic (exact) mass is 470 g/mol. The first-order chi connectivity index (χ1) is 16.0. The minimum absolute atomic E-state index is 0.0520. The summed E-state index contributed by atoms with van der Waals surface area (Å²) < 4.78 is 0. The van der Waals surface area contributed by atoms with Crippen molar-refractivity contribution in [3.63, 3.8) is 0 Å². The van der Waals surface area contributed by atoms with Crippen molar-refractivity contribution in [3.05, 3.63) is 58.7 Å². The van der Waals surface area contributed by atoms with Crippen LogP contribution in [0.1, 0.15) is 86.0 Å². The van der Waals surface area contributed by atoms with E-state index in [2.05, 4.69) is 39.5 Å². The number of aliphatic hydroxyl groups excluding tert-OH is 2. The molecule has 3 N–H and O–H groups in total. The van der Waals surface area contributed by atoms with E-state index in [0.29, 0.717) is 37.7 Å². The molecule has 2 saturated carbocycles. The number of aliphatic hydroxyl groups is 3. The van der Waals surface area contributed by atoms with E-state index in [1.165, 1.54) is 11.1 Å². The molecule has 4 nitrogen and oxygen atoms in total. The van der Waals surface area contributed by atoms with Gasteiger partial charge in [0.2, 0.25) is 0 Å². The fourth-order valence-corrected chi connectivity index (χ4v) is 6.29. The van der Waals surface area contributed by atoms with Gasteiger partial charge < -0.3 is 15.3 Å². The maximum absolute atomic E-state index is 11.7. The van der Waals surface area contributed by atoms with Crippen molar-refractivity contribution in [3.8, 4) is 0 Å². The predicted molar refractivity (Wildman–Crippen MR) is 140 cm³/mol. The summed E-state index contributed by atoms with van der Waals surface area (Å²) in [6, 6.07) is 0. The topological polar surface area (TPSA) is 77.8 Å². The summed E-state index contributed by atoms with van der Waals surface area (Å²) >= 11 is 0. The summed E-state index contributed by atoms with van der Waals surface area (Å²) in [6.45, 7) is 14.3. The third-order valence-corrected chi connectivity index (χ3v) is 8.30. The van der Waals surface area contributed by atoms with Crippen LogP contribution in [0.4, 0.5) is 0 Å². The van der Waals surface area contributed by atoms with E-state index in [1.807, 2.05) is 26.0 Å². The normalized spacial score (nSPS) is 33.4. The van der Waals surface area contributed by atoms with Crippen molar-refractivity contribution in [1.29, 1.82) is 0 Å².